The van der Waals surface area contributed by atoms with Crippen molar-refractivity contribution in [3.05, 3.63) is 72.9 Å². The van der Waals surface area contributed by atoms with Crippen molar-refractivity contribution in [2.24, 2.45) is 0 Å². The Morgan fingerprint density at radius 1 is 0.328 bits per heavy atom. The molecule has 0 aliphatic heterocycles. The number of carbonyl (C=O) groups excluding carboxylic acids is 3. The van der Waals surface area contributed by atoms with Gasteiger partial charge in [-0.1, -0.05) is 209 Å². The quantitative estimate of drug-likeness (QED) is 0.0262. The van der Waals surface area contributed by atoms with E-state index < -0.39 is 6.10 Å². The molecular weight excluding hydrogens is 793 g/mol. The maximum atomic E-state index is 12.8. The number of hydrogen-bond donors (Lipinski definition) is 0. The van der Waals surface area contributed by atoms with Crippen LogP contribution in [0.3, 0.4) is 0 Å². The highest BCUT2D eigenvalue weighted by Gasteiger charge is 2.19. The third-order valence-corrected chi connectivity index (χ3v) is 11.4. The highest BCUT2D eigenvalue weighted by atomic mass is 16.6. The Kier molecular flexibility index (Phi) is 49.9. The van der Waals surface area contributed by atoms with Crippen molar-refractivity contribution in [1.82, 2.24) is 0 Å². The lowest BCUT2D eigenvalue weighted by molar-refractivity contribution is -0.167. The minimum Gasteiger partial charge on any atom is -0.462 e. The van der Waals surface area contributed by atoms with Crippen LogP contribution in [-0.4, -0.2) is 37.2 Å². The predicted octanol–water partition coefficient (Wildman–Crippen LogP) is 17.8. The van der Waals surface area contributed by atoms with Gasteiger partial charge < -0.3 is 14.2 Å². The van der Waals surface area contributed by atoms with Crippen LogP contribution >= 0.6 is 0 Å². The number of unbranched alkanes of at least 4 members (excludes halogenated alkanes) is 25. The summed E-state index contributed by atoms with van der Waals surface area (Å²) >= 11 is 0. The van der Waals surface area contributed by atoms with Crippen molar-refractivity contribution in [2.45, 2.75) is 264 Å². The van der Waals surface area contributed by atoms with E-state index in [2.05, 4.69) is 93.7 Å². The highest BCUT2D eigenvalue weighted by molar-refractivity contribution is 5.71. The first-order valence-corrected chi connectivity index (χ1v) is 26.9. The molecule has 0 rings (SSSR count). The van der Waals surface area contributed by atoms with E-state index in [0.717, 1.165) is 103 Å². The van der Waals surface area contributed by atoms with Gasteiger partial charge in [0.25, 0.3) is 0 Å². The summed E-state index contributed by atoms with van der Waals surface area (Å²) < 4.78 is 16.8. The van der Waals surface area contributed by atoms with E-state index in [0.29, 0.717) is 19.3 Å². The first-order chi connectivity index (χ1) is 31.5. The number of carbonyl (C=O) groups is 3. The van der Waals surface area contributed by atoms with Crippen molar-refractivity contribution >= 4 is 17.9 Å². The van der Waals surface area contributed by atoms with Crippen molar-refractivity contribution < 1.29 is 28.6 Å². The van der Waals surface area contributed by atoms with Crippen LogP contribution in [0.25, 0.3) is 0 Å². The van der Waals surface area contributed by atoms with Gasteiger partial charge in [0.15, 0.2) is 6.10 Å². The summed E-state index contributed by atoms with van der Waals surface area (Å²) in [7, 11) is 0. The third kappa shape index (κ3) is 49.9. The third-order valence-electron chi connectivity index (χ3n) is 11.4. The van der Waals surface area contributed by atoms with Gasteiger partial charge in [-0.05, 0) is 103 Å². The second-order valence-corrected chi connectivity index (χ2v) is 17.7. The second kappa shape index (κ2) is 52.5. The lowest BCUT2D eigenvalue weighted by atomic mass is 10.1. The zero-order valence-electron chi connectivity index (χ0n) is 42.0. The van der Waals surface area contributed by atoms with Crippen LogP contribution in [0.5, 0.6) is 0 Å². The molecule has 6 nitrogen and oxygen atoms in total. The van der Waals surface area contributed by atoms with Crippen molar-refractivity contribution in [2.75, 3.05) is 13.2 Å². The monoisotopic (exact) mass is 893 g/mol. The highest BCUT2D eigenvalue weighted by Crippen LogP contribution is 2.14. The van der Waals surface area contributed by atoms with Crippen LogP contribution in [0.1, 0.15) is 258 Å². The van der Waals surface area contributed by atoms with E-state index >= 15 is 0 Å². The summed E-state index contributed by atoms with van der Waals surface area (Å²) in [5, 5.41) is 0. The van der Waals surface area contributed by atoms with E-state index in [1.54, 1.807) is 0 Å². The number of allylic oxidation sites excluding steroid dienone is 12. The maximum Gasteiger partial charge on any atom is 0.306 e. The normalized spacial score (nSPS) is 12.6. The van der Waals surface area contributed by atoms with Gasteiger partial charge in [-0.15, -0.1) is 0 Å². The van der Waals surface area contributed by atoms with Crippen molar-refractivity contribution in [3.63, 3.8) is 0 Å². The van der Waals surface area contributed by atoms with Gasteiger partial charge in [-0.2, -0.15) is 0 Å². The number of hydrogen-bond acceptors (Lipinski definition) is 6. The fourth-order valence-corrected chi connectivity index (χ4v) is 7.35. The molecule has 1 unspecified atom stereocenters. The Bertz CT molecular complexity index is 1210. The molecule has 1 atom stereocenters. The van der Waals surface area contributed by atoms with E-state index in [4.69, 9.17) is 14.2 Å². The molecule has 0 radical (unpaired) electrons. The van der Waals surface area contributed by atoms with Crippen LogP contribution in [0, 0.1) is 0 Å². The summed E-state index contributed by atoms with van der Waals surface area (Å²) in [6, 6.07) is 0. The lowest BCUT2D eigenvalue weighted by Gasteiger charge is -2.18. The van der Waals surface area contributed by atoms with Crippen molar-refractivity contribution in [1.29, 1.82) is 0 Å². The molecule has 0 aromatic rings. The summed E-state index contributed by atoms with van der Waals surface area (Å²) in [5.74, 6) is -0.925. The molecule has 0 N–H and O–H groups in total. The minimum absolute atomic E-state index is 0.0902. The van der Waals surface area contributed by atoms with E-state index in [9.17, 15) is 14.4 Å². The standard InChI is InChI=1S/C58H100O6/c1-4-7-10-13-16-19-22-24-26-28-30-31-33-36-39-42-45-48-51-57(60)63-54-55(53-62-56(59)50-47-44-41-38-35-21-18-15-12-9-6-3)64-58(61)52-49-46-43-40-37-34-32-29-27-25-23-20-17-14-11-8-5-2/h8,11,15,17-18,20,25-28,32,34,55H,4-7,9-10,12-14,16,19,21-24,29-31,33,35-54H2,1-3H3/b11-8-,18-15-,20-17-,27-25-,28-26-,34-32-. The number of ether oxygens (including phenoxy) is 3. The molecule has 0 saturated carbocycles. The van der Waals surface area contributed by atoms with Gasteiger partial charge >= 0.3 is 17.9 Å². The van der Waals surface area contributed by atoms with Gasteiger partial charge in [0, 0.05) is 19.3 Å². The van der Waals surface area contributed by atoms with Crippen LogP contribution < -0.4 is 0 Å². The number of esters is 3. The molecule has 0 aliphatic rings. The summed E-state index contributed by atoms with van der Waals surface area (Å²) in [5.41, 5.74) is 0. The summed E-state index contributed by atoms with van der Waals surface area (Å²) in [6.45, 7) is 6.46. The zero-order valence-corrected chi connectivity index (χ0v) is 42.0. The first kappa shape index (κ1) is 60.9. The SMILES string of the molecule is CC/C=C\C/C=C\C/C=C\C/C=C\CCCCCCC(=O)OC(COC(=O)CCCCCCC/C=C\CCCC)COC(=O)CCCCCCCCC/C=C\CCCCCCCCC. The Morgan fingerprint density at radius 2 is 0.625 bits per heavy atom. The molecule has 64 heavy (non-hydrogen) atoms. The van der Waals surface area contributed by atoms with Gasteiger partial charge in [0.05, 0.1) is 0 Å². The second-order valence-electron chi connectivity index (χ2n) is 17.7. The smallest absolute Gasteiger partial charge is 0.306 e. The van der Waals surface area contributed by atoms with Crippen LogP contribution in [0.4, 0.5) is 0 Å². The molecule has 0 saturated heterocycles. The number of rotatable bonds is 48. The average Bonchev–Trinajstić information content (AvgIpc) is 3.29. The molecule has 6 heteroatoms. The van der Waals surface area contributed by atoms with Gasteiger partial charge in [0.1, 0.15) is 13.2 Å². The molecule has 0 aliphatic carbocycles. The Hall–Kier alpha value is -3.15. The Morgan fingerprint density at radius 3 is 1.02 bits per heavy atom. The molecule has 0 fully saturated rings. The van der Waals surface area contributed by atoms with Gasteiger partial charge in [-0.3, -0.25) is 14.4 Å². The zero-order chi connectivity index (χ0) is 46.5. The van der Waals surface area contributed by atoms with Crippen LogP contribution in [0.2, 0.25) is 0 Å². The fraction of sp³-hybridized carbons (Fsp3) is 0.741. The van der Waals surface area contributed by atoms with E-state index in [1.165, 1.54) is 116 Å². The molecular formula is C58H100O6. The molecule has 0 spiro atoms. The molecule has 0 aromatic heterocycles. The van der Waals surface area contributed by atoms with Gasteiger partial charge in [0.2, 0.25) is 0 Å². The summed E-state index contributed by atoms with van der Waals surface area (Å²) in [4.78, 5) is 38.0. The van der Waals surface area contributed by atoms with Gasteiger partial charge in [-0.25, -0.2) is 0 Å². The molecule has 0 bridgehead atoms. The maximum absolute atomic E-state index is 12.8. The Labute approximate surface area is 395 Å². The topological polar surface area (TPSA) is 78.9 Å². The van der Waals surface area contributed by atoms with E-state index in [1.807, 2.05) is 0 Å². The predicted molar refractivity (Wildman–Crippen MR) is 274 cm³/mol. The minimum atomic E-state index is -0.792. The van der Waals surface area contributed by atoms with E-state index in [-0.39, 0.29) is 31.1 Å². The first-order valence-electron chi connectivity index (χ1n) is 26.9. The Balaban J connectivity index is 4.40. The fourth-order valence-electron chi connectivity index (χ4n) is 7.35. The van der Waals surface area contributed by atoms with Crippen LogP contribution in [-0.2, 0) is 28.6 Å². The lowest BCUT2D eigenvalue weighted by Crippen LogP contribution is -2.30. The molecule has 0 heterocycles. The molecule has 0 aromatic carbocycles. The summed E-state index contributed by atoms with van der Waals surface area (Å²) in [6.07, 6.45) is 66.0. The molecule has 0 amide bonds. The average molecular weight is 893 g/mol. The molecule has 368 valence electrons. The largest absolute Gasteiger partial charge is 0.462 e. The van der Waals surface area contributed by atoms with Crippen LogP contribution in [0.15, 0.2) is 72.9 Å². The van der Waals surface area contributed by atoms with Crippen molar-refractivity contribution in [3.8, 4) is 0 Å².